The van der Waals surface area contributed by atoms with Crippen LogP contribution >= 0.6 is 0 Å². The number of hydrogen-bond donors (Lipinski definition) is 1. The molecule has 2 aromatic heterocycles. The minimum Gasteiger partial charge on any atom is -0.507 e. The third-order valence-corrected chi connectivity index (χ3v) is 7.26. The van der Waals surface area contributed by atoms with Gasteiger partial charge in [0, 0.05) is 30.9 Å². The van der Waals surface area contributed by atoms with Gasteiger partial charge in [-0.25, -0.2) is 4.98 Å². The number of alkyl halides is 2. The fourth-order valence-corrected chi connectivity index (χ4v) is 5.38. The zero-order valence-electron chi connectivity index (χ0n) is 21.1. The summed E-state index contributed by atoms with van der Waals surface area (Å²) in [6.07, 6.45) is 9.94. The van der Waals surface area contributed by atoms with Crippen molar-refractivity contribution in [2.24, 2.45) is 5.41 Å². The van der Waals surface area contributed by atoms with Crippen molar-refractivity contribution in [3.8, 4) is 34.0 Å². The zero-order chi connectivity index (χ0) is 25.7. The summed E-state index contributed by atoms with van der Waals surface area (Å²) in [5, 5.41) is 19.6. The van der Waals surface area contributed by atoms with Gasteiger partial charge < -0.3 is 14.7 Å². The third kappa shape index (κ3) is 6.09. The van der Waals surface area contributed by atoms with E-state index in [0.717, 1.165) is 18.7 Å². The molecule has 6 nitrogen and oxygen atoms in total. The van der Waals surface area contributed by atoms with Gasteiger partial charge in [-0.2, -0.15) is 8.78 Å². The highest BCUT2D eigenvalue weighted by Gasteiger charge is 2.32. The van der Waals surface area contributed by atoms with Crippen LogP contribution in [0, 0.1) is 5.41 Å². The first-order valence-electron chi connectivity index (χ1n) is 12.6. The number of hydrogen-bond acceptors (Lipinski definition) is 6. The van der Waals surface area contributed by atoms with Crippen molar-refractivity contribution in [1.82, 2.24) is 15.2 Å². The van der Waals surface area contributed by atoms with Crippen LogP contribution in [0.2, 0.25) is 0 Å². The molecule has 0 radical (unpaired) electrons. The lowest BCUT2D eigenvalue weighted by Crippen LogP contribution is -2.36. The highest BCUT2D eigenvalue weighted by molar-refractivity contribution is 5.74. The lowest BCUT2D eigenvalue weighted by Gasteiger charge is -2.35. The summed E-state index contributed by atoms with van der Waals surface area (Å²) in [6.45, 7) is 1.73. The minimum absolute atomic E-state index is 0.0233. The molecule has 4 rings (SSSR count). The maximum Gasteiger partial charge on any atom is 0.388 e. The van der Waals surface area contributed by atoms with Crippen LogP contribution in [-0.4, -0.2) is 40.0 Å². The highest BCUT2D eigenvalue weighted by atomic mass is 19.3. The van der Waals surface area contributed by atoms with Crippen molar-refractivity contribution < 1.29 is 18.6 Å². The van der Waals surface area contributed by atoms with Gasteiger partial charge in [-0.1, -0.05) is 39.2 Å². The van der Waals surface area contributed by atoms with E-state index in [0.29, 0.717) is 33.8 Å². The Kier molecular flexibility index (Phi) is 8.01. The first-order valence-corrected chi connectivity index (χ1v) is 12.6. The first kappa shape index (κ1) is 25.8. The van der Waals surface area contributed by atoms with Crippen molar-refractivity contribution in [2.45, 2.75) is 71.4 Å². The molecule has 3 aromatic rings. The molecule has 0 aliphatic heterocycles. The van der Waals surface area contributed by atoms with Crippen molar-refractivity contribution >= 4 is 5.82 Å². The van der Waals surface area contributed by atoms with Gasteiger partial charge in [-0.05, 0) is 72.6 Å². The molecule has 0 spiro atoms. The number of nitrogens with zero attached hydrogens (tertiary/aromatic N) is 4. The largest absolute Gasteiger partial charge is 0.507 e. The first-order chi connectivity index (χ1) is 17.3. The summed E-state index contributed by atoms with van der Waals surface area (Å²) in [4.78, 5) is 6.04. The van der Waals surface area contributed by atoms with Gasteiger partial charge in [-0.15, -0.1) is 10.2 Å². The van der Waals surface area contributed by atoms with Gasteiger partial charge >= 0.3 is 6.61 Å². The number of anilines is 1. The summed E-state index contributed by atoms with van der Waals surface area (Å²) in [7, 11) is 2.10. The minimum atomic E-state index is -2.95. The quantitative estimate of drug-likeness (QED) is 0.336. The number of halogens is 2. The van der Waals surface area contributed by atoms with Crippen LogP contribution in [0.5, 0.6) is 11.6 Å². The fraction of sp³-hybridized carbons (Fsp3) is 0.464. The Morgan fingerprint density at radius 3 is 2.61 bits per heavy atom. The summed E-state index contributed by atoms with van der Waals surface area (Å²) in [5.41, 5.74) is 2.72. The summed E-state index contributed by atoms with van der Waals surface area (Å²) < 4.78 is 29.4. The number of phenolic OH excluding ortho intramolecular Hbond substituents is 1. The zero-order valence-corrected chi connectivity index (χ0v) is 21.1. The molecule has 36 heavy (non-hydrogen) atoms. The molecule has 192 valence electrons. The normalized spacial score (nSPS) is 20.2. The highest BCUT2D eigenvalue weighted by Crippen LogP contribution is 2.40. The predicted molar refractivity (Wildman–Crippen MR) is 137 cm³/mol. The molecule has 0 bridgehead atoms. The molecular weight excluding hydrogens is 462 g/mol. The number of rotatable bonds is 8. The van der Waals surface area contributed by atoms with Gasteiger partial charge in [0.15, 0.2) is 5.82 Å². The van der Waals surface area contributed by atoms with Crippen LogP contribution in [0.15, 0.2) is 48.7 Å². The number of phenols is 1. The van der Waals surface area contributed by atoms with Crippen LogP contribution in [0.3, 0.4) is 0 Å². The Morgan fingerprint density at radius 1 is 1.11 bits per heavy atom. The molecule has 0 unspecified atom stereocenters. The molecule has 0 saturated heterocycles. The van der Waals surface area contributed by atoms with E-state index in [1.165, 1.54) is 44.4 Å². The van der Waals surface area contributed by atoms with Crippen LogP contribution in [-0.2, 0) is 0 Å². The van der Waals surface area contributed by atoms with Crippen molar-refractivity contribution in [2.75, 3.05) is 11.9 Å². The van der Waals surface area contributed by atoms with Crippen molar-refractivity contribution in [1.29, 1.82) is 0 Å². The summed E-state index contributed by atoms with van der Waals surface area (Å²) >= 11 is 0. The van der Waals surface area contributed by atoms with Gasteiger partial charge in [0.05, 0.1) is 5.69 Å². The van der Waals surface area contributed by atoms with Crippen LogP contribution in [0.4, 0.5) is 14.6 Å². The maximum atomic E-state index is 12.5. The molecule has 1 N–H and O–H groups in total. The van der Waals surface area contributed by atoms with E-state index in [1.54, 1.807) is 24.3 Å². The summed E-state index contributed by atoms with van der Waals surface area (Å²) in [5.74, 6) is 0.666. The topological polar surface area (TPSA) is 71.4 Å². The Bertz CT molecular complexity index is 1160. The monoisotopic (exact) mass is 496 g/mol. The second-order valence-electron chi connectivity index (χ2n) is 10.0. The molecule has 1 aromatic carbocycles. The Labute approximate surface area is 211 Å². The van der Waals surface area contributed by atoms with Gasteiger partial charge in [-0.3, -0.25) is 0 Å². The van der Waals surface area contributed by atoms with E-state index < -0.39 is 6.61 Å². The Hall–Kier alpha value is -3.29. The fourth-order valence-electron chi connectivity index (χ4n) is 5.38. The number of aromatic hydroxyl groups is 1. The molecule has 2 atom stereocenters. The van der Waals surface area contributed by atoms with E-state index in [2.05, 4.69) is 45.7 Å². The van der Waals surface area contributed by atoms with E-state index in [-0.39, 0.29) is 11.6 Å². The van der Waals surface area contributed by atoms with Gasteiger partial charge in [0.25, 0.3) is 0 Å². The Balaban J connectivity index is 1.50. The SMILES string of the molecule is CCC[C@]1(C)CCCC[C@H](N(C)c2ccc(-c3ccc(-c4ccnc(OC(F)F)c4)cc3O)nn2)C1. The van der Waals surface area contributed by atoms with E-state index in [9.17, 15) is 13.9 Å². The van der Waals surface area contributed by atoms with Crippen molar-refractivity contribution in [3.63, 3.8) is 0 Å². The standard InChI is InChI=1S/C28H34F2N4O2/c1-4-13-28(2)14-6-5-7-21(18-28)34(3)25-11-10-23(32-33-25)22-9-8-19(16-24(22)35)20-12-15-31-26(17-20)36-27(29)30/h8-12,15-17,21,27,35H,4-7,13-14,18H2,1-3H3/t21-,28+/m0/s1. The molecule has 1 fully saturated rings. The second-order valence-corrected chi connectivity index (χ2v) is 10.0. The summed E-state index contributed by atoms with van der Waals surface area (Å²) in [6, 6.07) is 12.4. The molecule has 8 heteroatoms. The average Bonchev–Trinajstić information content (AvgIpc) is 3.05. The van der Waals surface area contributed by atoms with Gasteiger partial charge in [0.1, 0.15) is 5.75 Å². The number of benzene rings is 1. The molecule has 0 amide bonds. The predicted octanol–water partition coefficient (Wildman–Crippen LogP) is 7.09. The third-order valence-electron chi connectivity index (χ3n) is 7.26. The maximum absolute atomic E-state index is 12.5. The molecule has 2 heterocycles. The molecule has 1 aliphatic carbocycles. The molecule has 1 aliphatic rings. The van der Waals surface area contributed by atoms with Crippen LogP contribution in [0.1, 0.15) is 58.8 Å². The smallest absolute Gasteiger partial charge is 0.388 e. The van der Waals surface area contributed by atoms with Crippen LogP contribution < -0.4 is 9.64 Å². The second kappa shape index (κ2) is 11.2. The number of ether oxygens (including phenoxy) is 1. The lowest BCUT2D eigenvalue weighted by molar-refractivity contribution is -0.0528. The van der Waals surface area contributed by atoms with Gasteiger partial charge in [0.2, 0.25) is 5.88 Å². The lowest BCUT2D eigenvalue weighted by atomic mass is 9.77. The molecule has 1 saturated carbocycles. The number of aromatic nitrogens is 3. The van der Waals surface area contributed by atoms with E-state index >= 15 is 0 Å². The van der Waals surface area contributed by atoms with Crippen LogP contribution in [0.25, 0.3) is 22.4 Å². The Morgan fingerprint density at radius 2 is 1.92 bits per heavy atom. The van der Waals surface area contributed by atoms with Crippen molar-refractivity contribution in [3.05, 3.63) is 48.7 Å². The number of pyridine rings is 1. The van der Waals surface area contributed by atoms with E-state index in [4.69, 9.17) is 0 Å². The van der Waals surface area contributed by atoms with E-state index in [1.807, 2.05) is 12.1 Å². The average molecular weight is 497 g/mol. The molecular formula is C28H34F2N4O2.